The van der Waals surface area contributed by atoms with Crippen molar-refractivity contribution in [2.75, 3.05) is 11.4 Å². The predicted molar refractivity (Wildman–Crippen MR) is 48.4 cm³/mol. The van der Waals surface area contributed by atoms with Crippen LogP contribution in [-0.2, 0) is 0 Å². The van der Waals surface area contributed by atoms with Gasteiger partial charge in [-0.15, -0.1) is 0 Å². The first-order valence-corrected chi connectivity index (χ1v) is 5.52. The van der Waals surface area contributed by atoms with Gasteiger partial charge in [0.05, 0.1) is 0 Å². The summed E-state index contributed by atoms with van der Waals surface area (Å²) in [4.78, 5) is 0. The van der Waals surface area contributed by atoms with Gasteiger partial charge >= 0.3 is 6.98 Å². The van der Waals surface area contributed by atoms with Crippen LogP contribution in [0.1, 0.15) is 25.7 Å². The van der Waals surface area contributed by atoms with Crippen molar-refractivity contribution in [3.05, 3.63) is 0 Å². The summed E-state index contributed by atoms with van der Waals surface area (Å²) >= 11 is 1.06. The average molecular weight is 197 g/mol. The second-order valence-electron chi connectivity index (χ2n) is 3.40. The maximum Gasteiger partial charge on any atom is 0.488 e. The van der Waals surface area contributed by atoms with E-state index in [9.17, 15) is 12.9 Å². The number of rotatable bonds is 4. The molecular weight excluding hydrogens is 184 g/mol. The molecule has 0 unspecified atom stereocenters. The normalized spacial score (nSPS) is 20.2. The molecule has 72 valence electrons. The largest absolute Gasteiger partial charge is 0.488 e. The highest BCUT2D eigenvalue weighted by Gasteiger charge is 2.23. The van der Waals surface area contributed by atoms with E-state index in [1.54, 1.807) is 0 Å². The van der Waals surface area contributed by atoms with E-state index < -0.39 is 12.6 Å². The quantitative estimate of drug-likeness (QED) is 0.623. The van der Waals surface area contributed by atoms with Gasteiger partial charge in [0.2, 0.25) is 0 Å². The van der Waals surface area contributed by atoms with Gasteiger partial charge in [0, 0.05) is 0 Å². The number of thioether (sulfide) groups is 1. The van der Waals surface area contributed by atoms with Gasteiger partial charge in [-0.3, -0.25) is 0 Å². The van der Waals surface area contributed by atoms with Crippen molar-refractivity contribution in [1.82, 2.24) is 0 Å². The Morgan fingerprint density at radius 2 is 1.75 bits per heavy atom. The van der Waals surface area contributed by atoms with Gasteiger partial charge < -0.3 is 12.9 Å². The number of hydrogen-bond donors (Lipinski definition) is 0. The first kappa shape index (κ1) is 10.3. The van der Waals surface area contributed by atoms with Gasteiger partial charge in [-0.1, -0.05) is 12.8 Å². The standard InChI is InChI=1S/C7H13BF3S/c9-8(10,11)6-12-5-7-3-1-2-4-7/h7H,1-6H2/q-1. The molecule has 0 bridgehead atoms. The smallest absolute Gasteiger partial charge is 0.448 e. The second-order valence-corrected chi connectivity index (χ2v) is 4.47. The lowest BCUT2D eigenvalue weighted by Gasteiger charge is -2.14. The Bertz CT molecular complexity index is 131. The molecule has 0 aliphatic heterocycles. The predicted octanol–water partition coefficient (Wildman–Crippen LogP) is 3.30. The van der Waals surface area contributed by atoms with Crippen molar-refractivity contribution in [1.29, 1.82) is 0 Å². The fourth-order valence-corrected chi connectivity index (χ4v) is 2.62. The van der Waals surface area contributed by atoms with Gasteiger partial charge in [-0.2, -0.15) is 11.8 Å². The van der Waals surface area contributed by atoms with Crippen LogP contribution in [0.15, 0.2) is 0 Å². The van der Waals surface area contributed by atoms with Crippen molar-refractivity contribution < 1.29 is 12.9 Å². The molecule has 0 N–H and O–H groups in total. The lowest BCUT2D eigenvalue weighted by Crippen LogP contribution is -2.20. The van der Waals surface area contributed by atoms with Gasteiger partial charge in [0.25, 0.3) is 0 Å². The fraction of sp³-hybridized carbons (Fsp3) is 1.00. The molecule has 12 heavy (non-hydrogen) atoms. The SMILES string of the molecule is F[B-](F)(F)CSCC1CCCC1. The highest BCUT2D eigenvalue weighted by molar-refractivity contribution is 8.00. The lowest BCUT2D eigenvalue weighted by molar-refractivity contribution is 0.485. The van der Waals surface area contributed by atoms with Crippen molar-refractivity contribution in [3.8, 4) is 0 Å². The molecule has 0 heterocycles. The van der Waals surface area contributed by atoms with E-state index in [0.29, 0.717) is 11.7 Å². The molecule has 1 rings (SSSR count). The van der Waals surface area contributed by atoms with Crippen LogP contribution >= 0.6 is 11.8 Å². The zero-order valence-electron chi connectivity index (χ0n) is 6.94. The maximum absolute atomic E-state index is 11.8. The highest BCUT2D eigenvalue weighted by Crippen LogP contribution is 2.29. The summed E-state index contributed by atoms with van der Waals surface area (Å²) in [5.41, 5.74) is -0.615. The molecule has 0 aromatic heterocycles. The molecule has 0 saturated heterocycles. The summed E-state index contributed by atoms with van der Waals surface area (Å²) in [6.07, 6.45) is 4.69. The number of halogens is 3. The van der Waals surface area contributed by atoms with E-state index in [0.717, 1.165) is 24.6 Å². The summed E-state index contributed by atoms with van der Waals surface area (Å²) in [5.74, 6) is 1.27. The molecule has 0 aromatic carbocycles. The average Bonchev–Trinajstić information content (AvgIpc) is 2.36. The third-order valence-electron chi connectivity index (χ3n) is 2.14. The van der Waals surface area contributed by atoms with Crippen LogP contribution in [0.3, 0.4) is 0 Å². The molecule has 0 amide bonds. The molecule has 0 spiro atoms. The van der Waals surface area contributed by atoms with Crippen LogP contribution < -0.4 is 0 Å². The van der Waals surface area contributed by atoms with Gasteiger partial charge in [0.15, 0.2) is 0 Å². The van der Waals surface area contributed by atoms with Gasteiger partial charge in [0.1, 0.15) is 0 Å². The Hall–Kier alpha value is 0.205. The molecule has 0 radical (unpaired) electrons. The van der Waals surface area contributed by atoms with Crippen molar-refractivity contribution >= 4 is 18.7 Å². The van der Waals surface area contributed by atoms with Gasteiger partial charge in [-0.25, -0.2) is 0 Å². The summed E-state index contributed by atoms with van der Waals surface area (Å²) in [6, 6.07) is 0. The molecule has 1 fully saturated rings. The maximum atomic E-state index is 11.8. The monoisotopic (exact) mass is 197 g/mol. The van der Waals surface area contributed by atoms with E-state index in [1.165, 1.54) is 12.8 Å². The molecule has 1 aliphatic rings. The zero-order chi connectivity index (χ0) is 9.03. The van der Waals surface area contributed by atoms with E-state index in [-0.39, 0.29) is 0 Å². The molecule has 1 saturated carbocycles. The molecule has 1 aliphatic carbocycles. The number of hydrogen-bond acceptors (Lipinski definition) is 1. The lowest BCUT2D eigenvalue weighted by atomic mass is 9.98. The van der Waals surface area contributed by atoms with E-state index in [4.69, 9.17) is 0 Å². The molecule has 0 aromatic rings. The fourth-order valence-electron chi connectivity index (χ4n) is 1.55. The molecule has 0 nitrogen and oxygen atoms in total. The van der Waals surface area contributed by atoms with Crippen molar-refractivity contribution in [2.24, 2.45) is 5.92 Å². The van der Waals surface area contributed by atoms with Crippen LogP contribution in [-0.4, -0.2) is 18.4 Å². The van der Waals surface area contributed by atoms with Crippen LogP contribution in [0.4, 0.5) is 12.9 Å². The summed E-state index contributed by atoms with van der Waals surface area (Å²) in [6.45, 7) is -4.56. The minimum atomic E-state index is -4.56. The third-order valence-corrected chi connectivity index (χ3v) is 3.46. The topological polar surface area (TPSA) is 0 Å². The van der Waals surface area contributed by atoms with E-state index in [2.05, 4.69) is 0 Å². The Balaban J connectivity index is 2.02. The minimum Gasteiger partial charge on any atom is -0.448 e. The third kappa shape index (κ3) is 4.29. The Morgan fingerprint density at radius 3 is 2.25 bits per heavy atom. The van der Waals surface area contributed by atoms with Crippen LogP contribution in [0.5, 0.6) is 0 Å². The van der Waals surface area contributed by atoms with Crippen LogP contribution in [0.25, 0.3) is 0 Å². The van der Waals surface area contributed by atoms with Crippen LogP contribution in [0.2, 0.25) is 0 Å². The zero-order valence-corrected chi connectivity index (χ0v) is 7.76. The molecule has 0 atom stereocenters. The summed E-state index contributed by atoms with van der Waals surface area (Å²) < 4.78 is 35.3. The van der Waals surface area contributed by atoms with E-state index in [1.807, 2.05) is 0 Å². The summed E-state index contributed by atoms with van der Waals surface area (Å²) in [5, 5.41) is 0. The van der Waals surface area contributed by atoms with Crippen molar-refractivity contribution in [3.63, 3.8) is 0 Å². The first-order chi connectivity index (χ1) is 5.58. The molecule has 5 heteroatoms. The van der Waals surface area contributed by atoms with Crippen molar-refractivity contribution in [2.45, 2.75) is 25.7 Å². The van der Waals surface area contributed by atoms with Gasteiger partial charge in [-0.05, 0) is 30.2 Å². The Morgan fingerprint density at radius 1 is 1.17 bits per heavy atom. The summed E-state index contributed by atoms with van der Waals surface area (Å²) in [7, 11) is 0. The van der Waals surface area contributed by atoms with E-state index >= 15 is 0 Å². The minimum absolute atomic E-state index is 0.563. The first-order valence-electron chi connectivity index (χ1n) is 4.36. The Labute approximate surface area is 75.3 Å². The second kappa shape index (κ2) is 4.44. The Kier molecular flexibility index (Phi) is 3.81. The van der Waals surface area contributed by atoms with Crippen LogP contribution in [0, 0.1) is 5.92 Å². The molecular formula is C7H13BF3S-. The highest BCUT2D eigenvalue weighted by atomic mass is 32.2.